The average molecular weight is 199 g/mol. The summed E-state index contributed by atoms with van der Waals surface area (Å²) in [6.45, 7) is -0.207. The Morgan fingerprint density at radius 3 is 2.71 bits per heavy atom. The summed E-state index contributed by atoms with van der Waals surface area (Å²) in [5, 5.41) is 27.4. The van der Waals surface area contributed by atoms with Crippen molar-refractivity contribution in [2.75, 3.05) is 6.61 Å². The lowest BCUT2D eigenvalue weighted by atomic mass is 10.0. The summed E-state index contributed by atoms with van der Waals surface area (Å²) in [6, 6.07) is 2.72. The third-order valence-corrected chi connectivity index (χ3v) is 1.93. The van der Waals surface area contributed by atoms with Crippen LogP contribution in [0, 0.1) is 0 Å². The number of aliphatic hydroxyl groups is 3. The highest BCUT2D eigenvalue weighted by Crippen LogP contribution is 2.16. The lowest BCUT2D eigenvalue weighted by Gasteiger charge is -2.16. The van der Waals surface area contributed by atoms with Gasteiger partial charge in [-0.2, -0.15) is 0 Å². The molecule has 0 aliphatic heterocycles. The Labute approximate surface area is 80.7 Å². The average Bonchev–Trinajstić information content (AvgIpc) is 2.17. The number of hydrogen-bond donors (Lipinski definition) is 4. The molecule has 0 amide bonds. The van der Waals surface area contributed by atoms with Gasteiger partial charge in [0.1, 0.15) is 6.10 Å². The highest BCUT2D eigenvalue weighted by atomic mass is 16.3. The van der Waals surface area contributed by atoms with Crippen molar-refractivity contribution in [3.63, 3.8) is 0 Å². The van der Waals surface area contributed by atoms with Crippen molar-refractivity contribution < 1.29 is 15.3 Å². The zero-order valence-corrected chi connectivity index (χ0v) is 7.55. The molecule has 5 nitrogen and oxygen atoms in total. The molecule has 1 aromatic heterocycles. The SMILES string of the molecule is O=c1cc(C(O)C(O)CCO)cc[nH]1. The van der Waals surface area contributed by atoms with Gasteiger partial charge in [0.2, 0.25) is 5.56 Å². The minimum absolute atomic E-state index is 0.0773. The Morgan fingerprint density at radius 2 is 2.14 bits per heavy atom. The predicted molar refractivity (Wildman–Crippen MR) is 49.7 cm³/mol. The molecule has 4 N–H and O–H groups in total. The fraction of sp³-hybridized carbons (Fsp3) is 0.444. The van der Waals surface area contributed by atoms with Gasteiger partial charge in [0.05, 0.1) is 6.10 Å². The first-order chi connectivity index (χ1) is 6.65. The molecule has 0 saturated carbocycles. The third kappa shape index (κ3) is 2.66. The molecular weight excluding hydrogens is 186 g/mol. The molecule has 0 bridgehead atoms. The largest absolute Gasteiger partial charge is 0.396 e. The van der Waals surface area contributed by atoms with Crippen molar-refractivity contribution in [3.05, 3.63) is 34.2 Å². The molecule has 1 aromatic rings. The van der Waals surface area contributed by atoms with Crippen LogP contribution in [0.15, 0.2) is 23.1 Å². The third-order valence-electron chi connectivity index (χ3n) is 1.93. The maximum Gasteiger partial charge on any atom is 0.248 e. The van der Waals surface area contributed by atoms with E-state index in [1.165, 1.54) is 18.3 Å². The molecule has 1 rings (SSSR count). The Bertz CT molecular complexity index is 336. The first-order valence-corrected chi connectivity index (χ1v) is 4.31. The van der Waals surface area contributed by atoms with E-state index >= 15 is 0 Å². The summed E-state index contributed by atoms with van der Waals surface area (Å²) in [4.78, 5) is 13.3. The van der Waals surface area contributed by atoms with Crippen LogP contribution in [0.4, 0.5) is 0 Å². The molecule has 2 atom stereocenters. The van der Waals surface area contributed by atoms with Gasteiger partial charge in [-0.1, -0.05) is 0 Å². The number of aliphatic hydroxyl groups excluding tert-OH is 3. The van der Waals surface area contributed by atoms with E-state index in [0.717, 1.165) is 0 Å². The van der Waals surface area contributed by atoms with Crippen molar-refractivity contribution in [1.29, 1.82) is 0 Å². The molecular formula is C9H13NO4. The molecule has 78 valence electrons. The molecule has 0 spiro atoms. The molecule has 0 saturated heterocycles. The fourth-order valence-electron chi connectivity index (χ4n) is 1.16. The minimum atomic E-state index is -1.13. The molecule has 0 aromatic carbocycles. The van der Waals surface area contributed by atoms with Crippen molar-refractivity contribution in [2.24, 2.45) is 0 Å². The minimum Gasteiger partial charge on any atom is -0.396 e. The van der Waals surface area contributed by atoms with Crippen LogP contribution < -0.4 is 5.56 Å². The zero-order valence-electron chi connectivity index (χ0n) is 7.55. The van der Waals surface area contributed by atoms with Gasteiger partial charge in [-0.25, -0.2) is 0 Å². The number of nitrogens with one attached hydrogen (secondary N) is 1. The predicted octanol–water partition coefficient (Wildman–Crippen LogP) is -0.848. The van der Waals surface area contributed by atoms with Crippen molar-refractivity contribution >= 4 is 0 Å². The maximum atomic E-state index is 10.9. The second-order valence-electron chi connectivity index (χ2n) is 3.01. The van der Waals surface area contributed by atoms with Gasteiger partial charge >= 0.3 is 0 Å². The van der Waals surface area contributed by atoms with Gasteiger partial charge in [0.25, 0.3) is 0 Å². The van der Waals surface area contributed by atoms with Crippen LogP contribution in [0.3, 0.4) is 0 Å². The normalized spacial score (nSPS) is 15.1. The summed E-state index contributed by atoms with van der Waals surface area (Å²) in [5.41, 5.74) is 0.00690. The lowest BCUT2D eigenvalue weighted by Crippen LogP contribution is -2.21. The van der Waals surface area contributed by atoms with E-state index in [0.29, 0.717) is 5.56 Å². The zero-order chi connectivity index (χ0) is 10.6. The summed E-state index contributed by atoms with van der Waals surface area (Å²) in [6.07, 6.45) is -0.716. The molecule has 0 radical (unpaired) electrons. The highest BCUT2D eigenvalue weighted by Gasteiger charge is 2.17. The number of H-pyrrole nitrogens is 1. The van der Waals surface area contributed by atoms with E-state index in [4.69, 9.17) is 5.11 Å². The Hall–Kier alpha value is -1.17. The summed E-state index contributed by atoms with van der Waals surface area (Å²) in [5.74, 6) is 0. The van der Waals surface area contributed by atoms with Crippen molar-refractivity contribution in [2.45, 2.75) is 18.6 Å². The standard InChI is InChI=1S/C9H13NO4/c11-4-2-7(12)9(14)6-1-3-10-8(13)5-6/h1,3,5,7,9,11-12,14H,2,4H2,(H,10,13). The number of pyridine rings is 1. The molecule has 0 aliphatic rings. The Kier molecular flexibility index (Phi) is 3.82. The fourth-order valence-corrected chi connectivity index (χ4v) is 1.16. The second kappa shape index (κ2) is 4.90. The molecule has 2 unspecified atom stereocenters. The van der Waals surface area contributed by atoms with E-state index in [9.17, 15) is 15.0 Å². The van der Waals surface area contributed by atoms with Crippen LogP contribution >= 0.6 is 0 Å². The molecule has 1 heterocycles. The smallest absolute Gasteiger partial charge is 0.248 e. The number of rotatable bonds is 4. The van der Waals surface area contributed by atoms with Gasteiger partial charge in [-0.05, 0) is 18.1 Å². The first kappa shape index (κ1) is 10.9. The van der Waals surface area contributed by atoms with Crippen LogP contribution in [-0.4, -0.2) is 33.0 Å². The Balaban J connectivity index is 2.78. The van der Waals surface area contributed by atoms with Crippen molar-refractivity contribution in [3.8, 4) is 0 Å². The van der Waals surface area contributed by atoms with E-state index in [-0.39, 0.29) is 18.6 Å². The van der Waals surface area contributed by atoms with Crippen LogP contribution in [0.25, 0.3) is 0 Å². The molecule has 0 fully saturated rings. The monoisotopic (exact) mass is 199 g/mol. The van der Waals surface area contributed by atoms with Gasteiger partial charge in [0.15, 0.2) is 0 Å². The van der Waals surface area contributed by atoms with Gasteiger partial charge in [-0.15, -0.1) is 0 Å². The van der Waals surface area contributed by atoms with Crippen molar-refractivity contribution in [1.82, 2.24) is 4.98 Å². The summed E-state index contributed by atoms with van der Waals surface area (Å²) >= 11 is 0. The van der Waals surface area contributed by atoms with Gasteiger partial charge in [-0.3, -0.25) is 4.79 Å². The first-order valence-electron chi connectivity index (χ1n) is 4.31. The molecule has 14 heavy (non-hydrogen) atoms. The number of aromatic nitrogens is 1. The summed E-state index contributed by atoms with van der Waals surface area (Å²) in [7, 11) is 0. The maximum absolute atomic E-state index is 10.9. The van der Waals surface area contributed by atoms with Crippen LogP contribution in [0.1, 0.15) is 18.1 Å². The summed E-state index contributed by atoms with van der Waals surface area (Å²) < 4.78 is 0. The van der Waals surface area contributed by atoms with E-state index in [2.05, 4.69) is 4.98 Å². The lowest BCUT2D eigenvalue weighted by molar-refractivity contribution is 0.00413. The molecule has 0 aliphatic carbocycles. The molecule has 5 heteroatoms. The van der Waals surface area contributed by atoms with Crippen LogP contribution in [-0.2, 0) is 0 Å². The second-order valence-corrected chi connectivity index (χ2v) is 3.01. The topological polar surface area (TPSA) is 93.6 Å². The number of aromatic amines is 1. The van der Waals surface area contributed by atoms with Crippen LogP contribution in [0.5, 0.6) is 0 Å². The highest BCUT2D eigenvalue weighted by molar-refractivity contribution is 5.14. The Morgan fingerprint density at radius 1 is 1.43 bits per heavy atom. The van der Waals surface area contributed by atoms with Gasteiger partial charge in [0, 0.05) is 18.9 Å². The quantitative estimate of drug-likeness (QED) is 0.508. The van der Waals surface area contributed by atoms with Crippen LogP contribution in [0.2, 0.25) is 0 Å². The van der Waals surface area contributed by atoms with E-state index < -0.39 is 12.2 Å². The van der Waals surface area contributed by atoms with Gasteiger partial charge < -0.3 is 20.3 Å². The number of hydrogen-bond acceptors (Lipinski definition) is 4. The van der Waals surface area contributed by atoms with E-state index in [1.54, 1.807) is 0 Å². The van der Waals surface area contributed by atoms with E-state index in [1.807, 2.05) is 0 Å².